The third kappa shape index (κ3) is 3.38. The van der Waals surface area contributed by atoms with Crippen molar-refractivity contribution in [2.24, 2.45) is 0 Å². The highest BCUT2D eigenvalue weighted by atomic mass is 16.5. The van der Waals surface area contributed by atoms with Crippen LogP contribution in [-0.4, -0.2) is 0 Å². The number of fused-ring (bicyclic) bond motifs is 3. The predicted octanol–water partition coefficient (Wildman–Crippen LogP) is 7.46. The quantitative estimate of drug-likeness (QED) is 0.323. The monoisotopic (exact) mass is 378 g/mol. The van der Waals surface area contributed by atoms with E-state index in [9.17, 15) is 0 Å². The molecule has 0 bridgehead atoms. The van der Waals surface area contributed by atoms with Crippen LogP contribution in [0.15, 0.2) is 84.9 Å². The first-order valence-corrected chi connectivity index (χ1v) is 9.90. The Morgan fingerprint density at radius 3 is 1.90 bits per heavy atom. The van der Waals surface area contributed by atoms with Crippen LogP contribution in [0.4, 0.5) is 0 Å². The van der Waals surface area contributed by atoms with Crippen molar-refractivity contribution in [3.63, 3.8) is 0 Å². The lowest BCUT2D eigenvalue weighted by atomic mass is 10.0. The standard InChI is InChI=1S/C27H22O2/c1-18-7-11-21(12-8-18)28-26-16-15-24-23-6-4-3-5-20(23)17-25(24)27(26)29-22-13-9-19(2)10-14-22/h3-16H,17H2,1-2H3. The Morgan fingerprint density at radius 1 is 0.586 bits per heavy atom. The van der Waals surface area contributed by atoms with Crippen LogP contribution in [0.3, 0.4) is 0 Å². The van der Waals surface area contributed by atoms with E-state index in [1.807, 2.05) is 30.3 Å². The molecule has 0 spiro atoms. The lowest BCUT2D eigenvalue weighted by Gasteiger charge is -2.16. The van der Waals surface area contributed by atoms with Gasteiger partial charge >= 0.3 is 0 Å². The van der Waals surface area contributed by atoms with Crippen molar-refractivity contribution in [1.29, 1.82) is 0 Å². The summed E-state index contributed by atoms with van der Waals surface area (Å²) in [5.74, 6) is 3.15. The van der Waals surface area contributed by atoms with Gasteiger partial charge in [-0.25, -0.2) is 0 Å². The van der Waals surface area contributed by atoms with Crippen molar-refractivity contribution in [3.8, 4) is 34.1 Å². The summed E-state index contributed by atoms with van der Waals surface area (Å²) in [4.78, 5) is 0. The first-order chi connectivity index (χ1) is 14.2. The van der Waals surface area contributed by atoms with Crippen molar-refractivity contribution in [2.45, 2.75) is 20.3 Å². The minimum Gasteiger partial charge on any atom is -0.453 e. The van der Waals surface area contributed by atoms with Crippen molar-refractivity contribution in [2.75, 3.05) is 0 Å². The van der Waals surface area contributed by atoms with Crippen LogP contribution >= 0.6 is 0 Å². The van der Waals surface area contributed by atoms with Gasteiger partial charge in [0.15, 0.2) is 11.5 Å². The van der Waals surface area contributed by atoms with E-state index in [1.54, 1.807) is 0 Å². The molecule has 0 radical (unpaired) electrons. The van der Waals surface area contributed by atoms with Gasteiger partial charge < -0.3 is 9.47 Å². The Balaban J connectivity index is 1.59. The zero-order valence-corrected chi connectivity index (χ0v) is 16.6. The van der Waals surface area contributed by atoms with Crippen molar-refractivity contribution in [1.82, 2.24) is 0 Å². The molecule has 0 N–H and O–H groups in total. The summed E-state index contributed by atoms with van der Waals surface area (Å²) < 4.78 is 12.7. The number of rotatable bonds is 4. The van der Waals surface area contributed by atoms with E-state index in [1.165, 1.54) is 33.4 Å². The summed E-state index contributed by atoms with van der Waals surface area (Å²) in [5, 5.41) is 0. The van der Waals surface area contributed by atoms with Crippen LogP contribution in [0.5, 0.6) is 23.0 Å². The second-order valence-electron chi connectivity index (χ2n) is 7.58. The molecule has 1 aliphatic rings. The topological polar surface area (TPSA) is 18.5 Å². The Morgan fingerprint density at radius 2 is 1.21 bits per heavy atom. The van der Waals surface area contributed by atoms with Gasteiger partial charge in [-0.05, 0) is 60.9 Å². The molecule has 29 heavy (non-hydrogen) atoms. The smallest absolute Gasteiger partial charge is 0.174 e. The molecule has 0 atom stereocenters. The van der Waals surface area contributed by atoms with Gasteiger partial charge in [-0.1, -0.05) is 65.7 Å². The van der Waals surface area contributed by atoms with Crippen LogP contribution in [0.2, 0.25) is 0 Å². The highest BCUT2D eigenvalue weighted by Gasteiger charge is 2.25. The van der Waals surface area contributed by atoms with E-state index < -0.39 is 0 Å². The normalized spacial score (nSPS) is 11.7. The summed E-state index contributed by atoms with van der Waals surface area (Å²) in [6, 6.07) is 28.9. The molecule has 0 saturated carbocycles. The summed E-state index contributed by atoms with van der Waals surface area (Å²) >= 11 is 0. The molecule has 0 saturated heterocycles. The molecule has 2 heteroatoms. The minimum absolute atomic E-state index is 0.737. The van der Waals surface area contributed by atoms with Gasteiger partial charge in [-0.15, -0.1) is 0 Å². The molecule has 4 aromatic rings. The molecule has 0 fully saturated rings. The van der Waals surface area contributed by atoms with Gasteiger partial charge in [0.05, 0.1) is 0 Å². The zero-order valence-electron chi connectivity index (χ0n) is 16.6. The Hall–Kier alpha value is -3.52. The fraction of sp³-hybridized carbons (Fsp3) is 0.111. The molecule has 0 unspecified atom stereocenters. The molecular weight excluding hydrogens is 356 g/mol. The molecule has 1 aliphatic carbocycles. The van der Waals surface area contributed by atoms with Gasteiger partial charge in [-0.3, -0.25) is 0 Å². The van der Waals surface area contributed by atoms with Crippen LogP contribution in [0, 0.1) is 13.8 Å². The number of aryl methyl sites for hydroxylation is 2. The number of benzene rings is 4. The molecule has 142 valence electrons. The van der Waals surface area contributed by atoms with E-state index in [2.05, 4.69) is 68.4 Å². The Bertz CT molecular complexity index is 1170. The van der Waals surface area contributed by atoms with Gasteiger partial charge in [-0.2, -0.15) is 0 Å². The first kappa shape index (κ1) is 17.6. The van der Waals surface area contributed by atoms with E-state index in [4.69, 9.17) is 9.47 Å². The van der Waals surface area contributed by atoms with E-state index in [0.717, 1.165) is 29.4 Å². The highest BCUT2D eigenvalue weighted by Crippen LogP contribution is 2.47. The average Bonchev–Trinajstić information content (AvgIpc) is 3.12. The SMILES string of the molecule is Cc1ccc(Oc2ccc3c(c2Oc2ccc(C)cc2)Cc2ccccc2-3)cc1. The predicted molar refractivity (Wildman–Crippen MR) is 117 cm³/mol. The van der Waals surface area contributed by atoms with E-state index >= 15 is 0 Å². The lowest BCUT2D eigenvalue weighted by Crippen LogP contribution is -1.95. The summed E-state index contributed by atoms with van der Waals surface area (Å²) in [6.07, 6.45) is 0.845. The van der Waals surface area contributed by atoms with Crippen LogP contribution in [0.25, 0.3) is 11.1 Å². The van der Waals surface area contributed by atoms with Gasteiger partial charge in [0.1, 0.15) is 11.5 Å². The third-order valence-corrected chi connectivity index (χ3v) is 5.39. The Kier molecular flexibility index (Phi) is 4.33. The van der Waals surface area contributed by atoms with Crippen LogP contribution < -0.4 is 9.47 Å². The molecule has 0 aromatic heterocycles. The number of ether oxygens (including phenoxy) is 2. The second kappa shape index (κ2) is 7.14. The number of hydrogen-bond acceptors (Lipinski definition) is 2. The van der Waals surface area contributed by atoms with Crippen molar-refractivity contribution >= 4 is 0 Å². The van der Waals surface area contributed by atoms with Gasteiger partial charge in [0, 0.05) is 12.0 Å². The lowest BCUT2D eigenvalue weighted by molar-refractivity contribution is 0.416. The van der Waals surface area contributed by atoms with Crippen LogP contribution in [-0.2, 0) is 6.42 Å². The summed E-state index contributed by atoms with van der Waals surface area (Å²) in [7, 11) is 0. The highest BCUT2D eigenvalue weighted by molar-refractivity contribution is 5.81. The minimum atomic E-state index is 0.737. The summed E-state index contributed by atoms with van der Waals surface area (Å²) in [6.45, 7) is 4.15. The van der Waals surface area contributed by atoms with Crippen molar-refractivity contribution in [3.05, 3.63) is 107 Å². The maximum atomic E-state index is 6.41. The second-order valence-corrected chi connectivity index (χ2v) is 7.58. The maximum Gasteiger partial charge on any atom is 0.174 e. The van der Waals surface area contributed by atoms with Crippen LogP contribution in [0.1, 0.15) is 22.3 Å². The number of hydrogen-bond donors (Lipinski definition) is 0. The summed E-state index contributed by atoms with van der Waals surface area (Å²) in [5.41, 5.74) is 7.41. The largest absolute Gasteiger partial charge is 0.453 e. The van der Waals surface area contributed by atoms with E-state index in [-0.39, 0.29) is 0 Å². The van der Waals surface area contributed by atoms with Gasteiger partial charge in [0.2, 0.25) is 0 Å². The fourth-order valence-electron chi connectivity index (χ4n) is 3.81. The molecule has 2 nitrogen and oxygen atoms in total. The van der Waals surface area contributed by atoms with E-state index in [0.29, 0.717) is 0 Å². The Labute approximate surface area is 171 Å². The fourth-order valence-corrected chi connectivity index (χ4v) is 3.81. The molecular formula is C27H22O2. The molecule has 0 heterocycles. The molecule has 4 aromatic carbocycles. The average molecular weight is 378 g/mol. The third-order valence-electron chi connectivity index (χ3n) is 5.39. The van der Waals surface area contributed by atoms with Gasteiger partial charge in [0.25, 0.3) is 0 Å². The molecule has 0 amide bonds. The maximum absolute atomic E-state index is 6.41. The molecule has 0 aliphatic heterocycles. The van der Waals surface area contributed by atoms with Crippen molar-refractivity contribution < 1.29 is 9.47 Å². The first-order valence-electron chi connectivity index (χ1n) is 9.90. The molecule has 5 rings (SSSR count). The zero-order chi connectivity index (χ0) is 19.8.